The van der Waals surface area contributed by atoms with Gasteiger partial charge in [-0.2, -0.15) is 0 Å². The number of amides is 1. The zero-order chi connectivity index (χ0) is 22.1. The Kier molecular flexibility index (Phi) is 5.43. The van der Waals surface area contributed by atoms with Crippen LogP contribution in [0.2, 0.25) is 0 Å². The van der Waals surface area contributed by atoms with Crippen LogP contribution in [-0.2, 0) is 6.42 Å². The number of aromatic amines is 1. The van der Waals surface area contributed by atoms with Crippen molar-refractivity contribution in [3.63, 3.8) is 0 Å². The molecule has 6 heteroatoms. The van der Waals surface area contributed by atoms with Crippen LogP contribution in [0.3, 0.4) is 0 Å². The van der Waals surface area contributed by atoms with Crippen molar-refractivity contribution in [1.82, 2.24) is 19.9 Å². The number of halogens is 1. The van der Waals surface area contributed by atoms with Gasteiger partial charge < -0.3 is 9.88 Å². The number of benzene rings is 1. The normalized spacial score (nSPS) is 13.4. The maximum Gasteiger partial charge on any atom is 0.273 e. The van der Waals surface area contributed by atoms with E-state index in [9.17, 15) is 9.18 Å². The Morgan fingerprint density at radius 1 is 1.19 bits per heavy atom. The van der Waals surface area contributed by atoms with Gasteiger partial charge in [-0.1, -0.05) is 12.1 Å². The Labute approximate surface area is 186 Å². The summed E-state index contributed by atoms with van der Waals surface area (Å²) >= 11 is 0. The zero-order valence-electron chi connectivity index (χ0n) is 18.0. The lowest BCUT2D eigenvalue weighted by Gasteiger charge is -2.23. The fourth-order valence-corrected chi connectivity index (χ4v) is 4.09. The molecule has 1 amide bonds. The lowest BCUT2D eigenvalue weighted by molar-refractivity contribution is 0.0744. The van der Waals surface area contributed by atoms with E-state index in [1.165, 1.54) is 6.07 Å². The number of carbonyl (C=O) groups excluding carboxylic acids is 1. The van der Waals surface area contributed by atoms with Crippen molar-refractivity contribution < 1.29 is 9.18 Å². The molecular formula is C26H25FN4O. The van der Waals surface area contributed by atoms with E-state index in [0.29, 0.717) is 24.6 Å². The molecule has 3 heterocycles. The number of hydrogen-bond acceptors (Lipinski definition) is 3. The summed E-state index contributed by atoms with van der Waals surface area (Å²) in [4.78, 5) is 27.6. The first kappa shape index (κ1) is 20.4. The molecule has 0 unspecified atom stereocenters. The van der Waals surface area contributed by atoms with Crippen molar-refractivity contribution in [3.05, 3.63) is 83.8 Å². The highest BCUT2D eigenvalue weighted by Crippen LogP contribution is 2.31. The first-order valence-electron chi connectivity index (χ1n) is 11.0. The highest BCUT2D eigenvalue weighted by Gasteiger charge is 2.29. The highest BCUT2D eigenvalue weighted by molar-refractivity contribution is 5.99. The maximum atomic E-state index is 13.8. The number of carbonyl (C=O) groups is 1. The van der Waals surface area contributed by atoms with Crippen LogP contribution in [0.1, 0.15) is 34.6 Å². The first-order valence-corrected chi connectivity index (χ1v) is 11.0. The van der Waals surface area contributed by atoms with Crippen LogP contribution in [0.5, 0.6) is 0 Å². The minimum Gasteiger partial charge on any atom is -0.361 e. The van der Waals surface area contributed by atoms with Crippen LogP contribution < -0.4 is 0 Å². The molecule has 1 aliphatic carbocycles. The van der Waals surface area contributed by atoms with E-state index in [2.05, 4.69) is 15.0 Å². The van der Waals surface area contributed by atoms with Crippen molar-refractivity contribution in [3.8, 4) is 11.1 Å². The molecule has 4 aromatic rings. The molecule has 162 valence electrons. The molecule has 32 heavy (non-hydrogen) atoms. The van der Waals surface area contributed by atoms with E-state index in [4.69, 9.17) is 0 Å². The van der Waals surface area contributed by atoms with Crippen molar-refractivity contribution in [2.75, 3.05) is 13.1 Å². The third-order valence-corrected chi connectivity index (χ3v) is 6.08. The minimum atomic E-state index is -0.255. The van der Waals surface area contributed by atoms with E-state index in [1.54, 1.807) is 24.5 Å². The minimum absolute atomic E-state index is 0.0703. The Bertz CT molecular complexity index is 1260. The molecule has 1 saturated carbocycles. The lowest BCUT2D eigenvalue weighted by atomic mass is 10.0. The van der Waals surface area contributed by atoms with E-state index in [-0.39, 0.29) is 11.7 Å². The van der Waals surface area contributed by atoms with E-state index >= 15 is 0 Å². The summed E-state index contributed by atoms with van der Waals surface area (Å²) in [5, 5.41) is 0.869. The topological polar surface area (TPSA) is 61.9 Å². The lowest BCUT2D eigenvalue weighted by Crippen LogP contribution is -2.35. The van der Waals surface area contributed by atoms with Crippen LogP contribution >= 0.6 is 0 Å². The van der Waals surface area contributed by atoms with Gasteiger partial charge in [-0.25, -0.2) is 4.39 Å². The molecule has 0 bridgehead atoms. The van der Waals surface area contributed by atoms with Crippen molar-refractivity contribution in [2.24, 2.45) is 5.92 Å². The molecule has 0 radical (unpaired) electrons. The highest BCUT2D eigenvalue weighted by atomic mass is 19.1. The monoisotopic (exact) mass is 428 g/mol. The predicted octanol–water partition coefficient (Wildman–Crippen LogP) is 5.17. The van der Waals surface area contributed by atoms with Gasteiger partial charge in [-0.15, -0.1) is 0 Å². The van der Waals surface area contributed by atoms with Crippen molar-refractivity contribution in [1.29, 1.82) is 0 Å². The second-order valence-corrected chi connectivity index (χ2v) is 8.54. The number of fused-ring (bicyclic) bond motifs is 1. The van der Waals surface area contributed by atoms with E-state index < -0.39 is 0 Å². The maximum absolute atomic E-state index is 13.8. The second kappa shape index (κ2) is 8.54. The molecule has 1 N–H and O–H groups in total. The summed E-state index contributed by atoms with van der Waals surface area (Å²) in [5.41, 5.74) is 4.96. The van der Waals surface area contributed by atoms with E-state index in [1.807, 2.05) is 42.3 Å². The fraction of sp³-hybridized carbons (Fsp3) is 0.269. The summed E-state index contributed by atoms with van der Waals surface area (Å²) in [5.74, 6) is 0.223. The van der Waals surface area contributed by atoms with Gasteiger partial charge in [0.05, 0.1) is 0 Å². The SMILES string of the molecule is Cc1ccc(-c2cccnc2C(=O)N(CCc2c[nH]c3ccc(F)cc23)CC2CC2)cn1. The van der Waals surface area contributed by atoms with Crippen LogP contribution in [-0.4, -0.2) is 38.8 Å². The molecule has 3 aromatic heterocycles. The molecule has 0 atom stereocenters. The number of nitrogens with zero attached hydrogens (tertiary/aromatic N) is 3. The molecule has 0 saturated heterocycles. The molecule has 5 nitrogen and oxygen atoms in total. The summed E-state index contributed by atoms with van der Waals surface area (Å²) in [6, 6.07) is 12.4. The summed E-state index contributed by atoms with van der Waals surface area (Å²) < 4.78 is 13.8. The molecule has 1 aromatic carbocycles. The van der Waals surface area contributed by atoms with Gasteiger partial charge in [0.2, 0.25) is 0 Å². The smallest absolute Gasteiger partial charge is 0.273 e. The third-order valence-electron chi connectivity index (χ3n) is 6.08. The Balaban J connectivity index is 1.41. The zero-order valence-corrected chi connectivity index (χ0v) is 18.0. The van der Waals surface area contributed by atoms with Crippen LogP contribution in [0, 0.1) is 18.7 Å². The number of aromatic nitrogens is 3. The summed E-state index contributed by atoms with van der Waals surface area (Å²) in [6.45, 7) is 3.21. The van der Waals surface area contributed by atoms with Gasteiger partial charge in [0.1, 0.15) is 11.5 Å². The van der Waals surface area contributed by atoms with Crippen molar-refractivity contribution in [2.45, 2.75) is 26.2 Å². The first-order chi connectivity index (χ1) is 15.6. The summed E-state index contributed by atoms with van der Waals surface area (Å²) in [7, 11) is 0. The number of aryl methyl sites for hydroxylation is 1. The number of nitrogens with one attached hydrogen (secondary N) is 1. The Morgan fingerprint density at radius 2 is 2.06 bits per heavy atom. The number of H-pyrrole nitrogens is 1. The molecule has 5 rings (SSSR count). The third kappa shape index (κ3) is 4.26. The van der Waals surface area contributed by atoms with Gasteiger partial charge in [0.25, 0.3) is 5.91 Å². The number of hydrogen-bond donors (Lipinski definition) is 1. The van der Waals surface area contributed by atoms with Crippen LogP contribution in [0.25, 0.3) is 22.0 Å². The number of rotatable bonds is 7. The number of pyridine rings is 2. The van der Waals surface area contributed by atoms with Gasteiger partial charge in [0, 0.05) is 59.4 Å². The molecular weight excluding hydrogens is 403 g/mol. The van der Waals surface area contributed by atoms with Crippen molar-refractivity contribution >= 4 is 16.8 Å². The van der Waals surface area contributed by atoms with Crippen LogP contribution in [0.15, 0.2) is 61.1 Å². The molecule has 1 fully saturated rings. The Morgan fingerprint density at radius 3 is 2.84 bits per heavy atom. The largest absolute Gasteiger partial charge is 0.361 e. The average Bonchev–Trinajstić information content (AvgIpc) is 3.55. The van der Waals surface area contributed by atoms with Gasteiger partial charge >= 0.3 is 0 Å². The predicted molar refractivity (Wildman–Crippen MR) is 123 cm³/mol. The summed E-state index contributed by atoms with van der Waals surface area (Å²) in [6.07, 6.45) is 8.31. The average molecular weight is 429 g/mol. The Hall–Kier alpha value is -3.54. The van der Waals surface area contributed by atoms with Gasteiger partial charge in [-0.05, 0) is 68.0 Å². The standard InChI is InChI=1S/C26H25FN4O/c1-17-4-7-19(14-29-17)22-3-2-11-28-25(22)26(32)31(16-18-5-6-18)12-10-20-15-30-24-9-8-21(27)13-23(20)24/h2-4,7-9,11,13-15,18,30H,5-6,10,12,16H2,1H3. The van der Waals surface area contributed by atoms with Gasteiger partial charge in [0.15, 0.2) is 0 Å². The second-order valence-electron chi connectivity index (χ2n) is 8.54. The van der Waals surface area contributed by atoms with Gasteiger partial charge in [-0.3, -0.25) is 14.8 Å². The molecule has 0 spiro atoms. The fourth-order valence-electron chi connectivity index (χ4n) is 4.09. The quantitative estimate of drug-likeness (QED) is 0.442. The van der Waals surface area contributed by atoms with Crippen LogP contribution in [0.4, 0.5) is 4.39 Å². The van der Waals surface area contributed by atoms with E-state index in [0.717, 1.165) is 52.7 Å². The molecule has 0 aliphatic heterocycles. The molecule has 1 aliphatic rings.